The van der Waals surface area contributed by atoms with Crippen LogP contribution in [0.4, 0.5) is 11.4 Å². The molecule has 9 nitrogen and oxygen atoms in total. The van der Waals surface area contributed by atoms with Crippen LogP contribution in [-0.4, -0.2) is 36.5 Å². The second kappa shape index (κ2) is 7.69. The van der Waals surface area contributed by atoms with Crippen molar-refractivity contribution in [1.82, 2.24) is 9.78 Å². The number of nitrogens with one attached hydrogen (secondary N) is 1. The maximum absolute atomic E-state index is 12.0. The summed E-state index contributed by atoms with van der Waals surface area (Å²) in [6.45, 7) is 0.253. The first-order valence-electron chi connectivity index (χ1n) is 8.19. The van der Waals surface area contributed by atoms with E-state index >= 15 is 0 Å². The summed E-state index contributed by atoms with van der Waals surface area (Å²) in [5.41, 5.74) is 1.52. The summed E-state index contributed by atoms with van der Waals surface area (Å²) in [6, 6.07) is 12.9. The minimum atomic E-state index is -3.64. The topological polar surface area (TPSA) is 116 Å². The van der Waals surface area contributed by atoms with Gasteiger partial charge in [-0.25, -0.2) is 13.1 Å². The van der Waals surface area contributed by atoms with Crippen molar-refractivity contribution in [1.29, 1.82) is 0 Å². The number of hydrogen-bond acceptors (Lipinski definition) is 7. The van der Waals surface area contributed by atoms with Crippen LogP contribution >= 0.6 is 0 Å². The van der Waals surface area contributed by atoms with Crippen molar-refractivity contribution in [3.8, 4) is 11.4 Å². The van der Waals surface area contributed by atoms with Crippen LogP contribution in [0, 0.1) is 10.1 Å². The van der Waals surface area contributed by atoms with Gasteiger partial charge in [-0.15, -0.1) is 0 Å². The van der Waals surface area contributed by atoms with Crippen LogP contribution < -0.4 is 10.1 Å². The molecule has 0 bridgehead atoms. The van der Waals surface area contributed by atoms with E-state index in [-0.39, 0.29) is 22.8 Å². The van der Waals surface area contributed by atoms with Gasteiger partial charge < -0.3 is 10.1 Å². The highest BCUT2D eigenvalue weighted by Crippen LogP contribution is 2.27. The third-order valence-electron chi connectivity index (χ3n) is 4.02. The van der Waals surface area contributed by atoms with Crippen molar-refractivity contribution in [3.63, 3.8) is 0 Å². The summed E-state index contributed by atoms with van der Waals surface area (Å²) in [6.07, 6.45) is 2.79. The number of nitro groups is 1. The van der Waals surface area contributed by atoms with Gasteiger partial charge in [0.1, 0.15) is 5.75 Å². The second-order valence-electron chi connectivity index (χ2n) is 6.01. The van der Waals surface area contributed by atoms with E-state index < -0.39 is 14.8 Å². The number of aromatic nitrogens is 2. The van der Waals surface area contributed by atoms with Gasteiger partial charge in [-0.3, -0.25) is 10.1 Å². The van der Waals surface area contributed by atoms with E-state index in [0.29, 0.717) is 5.69 Å². The normalized spacial score (nSPS) is 11.2. The molecule has 3 rings (SSSR count). The molecule has 0 spiro atoms. The summed E-state index contributed by atoms with van der Waals surface area (Å²) in [4.78, 5) is 10.2. The van der Waals surface area contributed by atoms with Gasteiger partial charge in [0.25, 0.3) is 5.69 Å². The van der Waals surface area contributed by atoms with Crippen molar-refractivity contribution in [2.45, 2.75) is 11.4 Å². The largest absolute Gasteiger partial charge is 0.497 e. The van der Waals surface area contributed by atoms with Crippen LogP contribution in [0.15, 0.2) is 59.6 Å². The molecule has 0 saturated carbocycles. The third-order valence-corrected chi connectivity index (χ3v) is 5.15. The molecule has 0 aliphatic carbocycles. The molecule has 28 heavy (non-hydrogen) atoms. The Morgan fingerprint density at radius 3 is 2.50 bits per heavy atom. The number of benzene rings is 2. The molecule has 10 heteroatoms. The van der Waals surface area contributed by atoms with Crippen LogP contribution in [0.5, 0.6) is 5.75 Å². The van der Waals surface area contributed by atoms with Gasteiger partial charge in [-0.1, -0.05) is 0 Å². The fraction of sp³-hybridized carbons (Fsp3) is 0.167. The lowest BCUT2D eigenvalue weighted by Gasteiger charge is -2.10. The average Bonchev–Trinajstić information content (AvgIpc) is 3.14. The van der Waals surface area contributed by atoms with Gasteiger partial charge in [0.15, 0.2) is 9.84 Å². The highest BCUT2D eigenvalue weighted by Gasteiger charge is 2.18. The zero-order chi connectivity index (χ0) is 20.3. The molecule has 0 fully saturated rings. The van der Waals surface area contributed by atoms with E-state index in [1.165, 1.54) is 12.1 Å². The monoisotopic (exact) mass is 402 g/mol. The minimum absolute atomic E-state index is 0.128. The molecule has 146 valence electrons. The standard InChI is InChI=1S/C18H18N4O5S/c1-27-16-6-3-14(4-7-16)21-10-9-13(20-21)12-19-17-8-5-15(22(23)24)11-18(17)28(2,25)26/h3-11,19H,12H2,1-2H3. The Morgan fingerprint density at radius 1 is 1.18 bits per heavy atom. The number of hydrogen-bond donors (Lipinski definition) is 1. The Labute approximate surface area is 161 Å². The van der Waals surface area contributed by atoms with Gasteiger partial charge in [-0.05, 0) is 36.4 Å². The average molecular weight is 402 g/mol. The highest BCUT2D eigenvalue weighted by atomic mass is 32.2. The molecule has 0 saturated heterocycles. The fourth-order valence-corrected chi connectivity index (χ4v) is 3.47. The molecule has 1 N–H and O–H groups in total. The van der Waals surface area contributed by atoms with Crippen LogP contribution in [0.25, 0.3) is 5.69 Å². The minimum Gasteiger partial charge on any atom is -0.497 e. The molecule has 0 unspecified atom stereocenters. The van der Waals surface area contributed by atoms with Crippen LogP contribution in [0.2, 0.25) is 0 Å². The number of non-ortho nitro benzene ring substituents is 1. The highest BCUT2D eigenvalue weighted by molar-refractivity contribution is 7.90. The molecule has 1 aromatic heterocycles. The Bertz CT molecular complexity index is 1110. The molecular weight excluding hydrogens is 384 g/mol. The summed E-state index contributed by atoms with van der Waals surface area (Å²) in [5, 5.41) is 18.4. The van der Waals surface area contributed by atoms with E-state index in [0.717, 1.165) is 23.8 Å². The zero-order valence-corrected chi connectivity index (χ0v) is 16.0. The lowest BCUT2D eigenvalue weighted by Crippen LogP contribution is -2.08. The number of methoxy groups -OCH3 is 1. The summed E-state index contributed by atoms with van der Waals surface area (Å²) < 4.78 is 30.8. The Kier molecular flexibility index (Phi) is 5.32. The van der Waals surface area contributed by atoms with Crippen molar-refractivity contribution < 1.29 is 18.1 Å². The molecular formula is C18H18N4O5S. The van der Waals surface area contributed by atoms with Gasteiger partial charge in [0.2, 0.25) is 0 Å². The predicted octanol–water partition coefficient (Wildman–Crippen LogP) is 2.80. The first-order chi connectivity index (χ1) is 13.3. The molecule has 0 aliphatic heterocycles. The third kappa shape index (κ3) is 4.29. The summed E-state index contributed by atoms with van der Waals surface area (Å²) in [5.74, 6) is 0.740. The number of anilines is 1. The predicted molar refractivity (Wildman–Crippen MR) is 104 cm³/mol. The Morgan fingerprint density at radius 2 is 1.89 bits per heavy atom. The van der Waals surface area contributed by atoms with Gasteiger partial charge in [-0.2, -0.15) is 5.10 Å². The van der Waals surface area contributed by atoms with E-state index in [1.807, 2.05) is 24.3 Å². The van der Waals surface area contributed by atoms with Crippen LogP contribution in [0.1, 0.15) is 5.69 Å². The maximum Gasteiger partial charge on any atom is 0.270 e. The van der Waals surface area contributed by atoms with Crippen molar-refractivity contribution in [2.75, 3.05) is 18.7 Å². The molecule has 0 aliphatic rings. The van der Waals surface area contributed by atoms with Gasteiger partial charge in [0, 0.05) is 24.6 Å². The molecule has 0 atom stereocenters. The van der Waals surface area contributed by atoms with E-state index in [9.17, 15) is 18.5 Å². The van der Waals surface area contributed by atoms with Crippen LogP contribution in [0.3, 0.4) is 0 Å². The van der Waals surface area contributed by atoms with E-state index in [4.69, 9.17) is 4.74 Å². The van der Waals surface area contributed by atoms with Crippen molar-refractivity contribution in [3.05, 3.63) is 70.5 Å². The first-order valence-corrected chi connectivity index (χ1v) is 10.1. The second-order valence-corrected chi connectivity index (χ2v) is 8.00. The van der Waals surface area contributed by atoms with Gasteiger partial charge in [0.05, 0.1) is 40.5 Å². The van der Waals surface area contributed by atoms with Crippen molar-refractivity contribution >= 4 is 21.2 Å². The summed E-state index contributed by atoms with van der Waals surface area (Å²) in [7, 11) is -2.05. The van der Waals surface area contributed by atoms with Crippen LogP contribution in [-0.2, 0) is 16.4 Å². The first kappa shape index (κ1) is 19.4. The van der Waals surface area contributed by atoms with E-state index in [1.54, 1.807) is 24.1 Å². The smallest absolute Gasteiger partial charge is 0.270 e. The quantitative estimate of drug-likeness (QED) is 0.477. The zero-order valence-electron chi connectivity index (χ0n) is 15.2. The molecule has 0 radical (unpaired) electrons. The van der Waals surface area contributed by atoms with Crippen molar-refractivity contribution in [2.24, 2.45) is 0 Å². The molecule has 3 aromatic rings. The number of rotatable bonds is 7. The molecule has 0 amide bonds. The summed E-state index contributed by atoms with van der Waals surface area (Å²) >= 11 is 0. The lowest BCUT2D eigenvalue weighted by molar-refractivity contribution is -0.385. The van der Waals surface area contributed by atoms with E-state index in [2.05, 4.69) is 10.4 Å². The Hall–Kier alpha value is -3.40. The maximum atomic E-state index is 12.0. The SMILES string of the molecule is COc1ccc(-n2ccc(CNc3ccc([N+](=O)[O-])cc3S(C)(=O)=O)n2)cc1. The number of nitrogens with zero attached hydrogens (tertiary/aromatic N) is 3. The molecule has 1 heterocycles. The fourth-order valence-electron chi connectivity index (χ4n) is 2.60. The van der Waals surface area contributed by atoms with Gasteiger partial charge >= 0.3 is 0 Å². The molecule has 2 aromatic carbocycles. The Balaban J connectivity index is 1.79. The number of nitro benzene ring substituents is 1. The number of sulfone groups is 1. The lowest BCUT2D eigenvalue weighted by atomic mass is 10.2. The number of ether oxygens (including phenoxy) is 1.